The molecule has 0 saturated heterocycles. The van der Waals surface area contributed by atoms with Crippen LogP contribution < -0.4 is 5.32 Å². The maximum Gasteiger partial charge on any atom is 0.339 e. The minimum atomic E-state index is -0.836. The maximum absolute atomic E-state index is 12.4. The third kappa shape index (κ3) is 3.40. The van der Waals surface area contributed by atoms with Gasteiger partial charge < -0.3 is 10.1 Å². The summed E-state index contributed by atoms with van der Waals surface area (Å²) >= 11 is 11.9. The fraction of sp³-hybridized carbons (Fsp3) is 0.222. The van der Waals surface area contributed by atoms with Crippen molar-refractivity contribution in [3.63, 3.8) is 0 Å². The number of amides is 1. The zero-order valence-corrected chi connectivity index (χ0v) is 14.4. The number of halogens is 2. The highest BCUT2D eigenvalue weighted by Crippen LogP contribution is 2.26. The van der Waals surface area contributed by atoms with E-state index in [1.54, 1.807) is 30.3 Å². The lowest BCUT2D eigenvalue weighted by molar-refractivity contribution is -0.131. The molecule has 124 valence electrons. The third-order valence-corrected chi connectivity index (χ3v) is 4.73. The number of nitrogens with one attached hydrogen (secondary N) is 1. The molecule has 6 heteroatoms. The van der Waals surface area contributed by atoms with Gasteiger partial charge in [0.2, 0.25) is 0 Å². The van der Waals surface area contributed by atoms with Crippen LogP contribution in [-0.4, -0.2) is 18.0 Å². The van der Waals surface area contributed by atoms with Gasteiger partial charge in [0.25, 0.3) is 5.91 Å². The molecule has 1 heterocycles. The molecule has 0 spiro atoms. The van der Waals surface area contributed by atoms with E-state index < -0.39 is 12.1 Å². The average Bonchev–Trinajstić information content (AvgIpc) is 2.57. The fourth-order valence-electron chi connectivity index (χ4n) is 2.65. The molecule has 0 aromatic heterocycles. The molecule has 0 radical (unpaired) electrons. The van der Waals surface area contributed by atoms with Crippen molar-refractivity contribution in [1.82, 2.24) is 5.32 Å². The molecular formula is C18H15Cl2NO3. The van der Waals surface area contributed by atoms with Crippen LogP contribution in [0.3, 0.4) is 0 Å². The minimum absolute atomic E-state index is 0.289. The Morgan fingerprint density at radius 2 is 1.96 bits per heavy atom. The van der Waals surface area contributed by atoms with Gasteiger partial charge >= 0.3 is 5.97 Å². The molecule has 1 aliphatic heterocycles. The van der Waals surface area contributed by atoms with E-state index in [-0.39, 0.29) is 11.9 Å². The van der Waals surface area contributed by atoms with E-state index in [2.05, 4.69) is 5.32 Å². The summed E-state index contributed by atoms with van der Waals surface area (Å²) in [5.41, 5.74) is 2.15. The first-order valence-corrected chi connectivity index (χ1v) is 8.25. The van der Waals surface area contributed by atoms with Gasteiger partial charge in [-0.2, -0.15) is 0 Å². The van der Waals surface area contributed by atoms with Gasteiger partial charge in [-0.25, -0.2) is 4.79 Å². The molecule has 2 atom stereocenters. The van der Waals surface area contributed by atoms with Crippen LogP contribution in [0.25, 0.3) is 0 Å². The smallest absolute Gasteiger partial charge is 0.339 e. The molecule has 1 N–H and O–H groups in total. The molecule has 1 amide bonds. The molecule has 2 aromatic carbocycles. The summed E-state index contributed by atoms with van der Waals surface area (Å²) in [6, 6.07) is 12.0. The van der Waals surface area contributed by atoms with Crippen LogP contribution in [0.1, 0.15) is 34.5 Å². The quantitative estimate of drug-likeness (QED) is 0.839. The Labute approximate surface area is 149 Å². The van der Waals surface area contributed by atoms with Gasteiger partial charge in [0.15, 0.2) is 6.10 Å². The summed E-state index contributed by atoms with van der Waals surface area (Å²) in [5, 5.41) is 3.73. The topological polar surface area (TPSA) is 55.4 Å². The number of esters is 1. The predicted molar refractivity (Wildman–Crippen MR) is 92.4 cm³/mol. The Morgan fingerprint density at radius 3 is 2.71 bits per heavy atom. The molecular weight excluding hydrogens is 349 g/mol. The monoisotopic (exact) mass is 363 g/mol. The van der Waals surface area contributed by atoms with E-state index in [4.69, 9.17) is 27.9 Å². The van der Waals surface area contributed by atoms with Crippen LogP contribution in [0.5, 0.6) is 0 Å². The normalized spacial score (nSPS) is 17.6. The highest BCUT2D eigenvalue weighted by atomic mass is 35.5. The number of hydrogen-bond acceptors (Lipinski definition) is 3. The van der Waals surface area contributed by atoms with Gasteiger partial charge in [-0.1, -0.05) is 47.5 Å². The summed E-state index contributed by atoms with van der Waals surface area (Å²) in [6.07, 6.45) is -0.473. The van der Waals surface area contributed by atoms with Crippen LogP contribution in [0.15, 0.2) is 42.5 Å². The Balaban J connectivity index is 1.71. The highest BCUT2D eigenvalue weighted by Gasteiger charge is 2.31. The summed E-state index contributed by atoms with van der Waals surface area (Å²) in [6.45, 7) is 1.83. The Morgan fingerprint density at radius 1 is 1.21 bits per heavy atom. The van der Waals surface area contributed by atoms with E-state index in [0.717, 1.165) is 11.1 Å². The predicted octanol–water partition coefficient (Wildman–Crippen LogP) is 3.95. The summed E-state index contributed by atoms with van der Waals surface area (Å²) < 4.78 is 5.26. The molecule has 0 saturated carbocycles. The number of ether oxygens (including phenoxy) is 1. The Bertz CT molecular complexity index is 807. The molecule has 0 fully saturated rings. The lowest BCUT2D eigenvalue weighted by Gasteiger charge is -2.25. The van der Waals surface area contributed by atoms with Gasteiger partial charge in [0, 0.05) is 6.42 Å². The Hall–Kier alpha value is -2.04. The van der Waals surface area contributed by atoms with E-state index in [1.165, 1.54) is 0 Å². The van der Waals surface area contributed by atoms with E-state index >= 15 is 0 Å². The largest absolute Gasteiger partial charge is 0.448 e. The van der Waals surface area contributed by atoms with Crippen LogP contribution >= 0.6 is 23.2 Å². The summed E-state index contributed by atoms with van der Waals surface area (Å²) in [7, 11) is 0. The second-order valence-electron chi connectivity index (χ2n) is 5.66. The molecule has 24 heavy (non-hydrogen) atoms. The molecule has 2 aromatic rings. The van der Waals surface area contributed by atoms with Gasteiger partial charge in [-0.3, -0.25) is 4.79 Å². The summed E-state index contributed by atoms with van der Waals surface area (Å²) in [5.74, 6) is -0.810. The fourth-order valence-corrected chi connectivity index (χ4v) is 2.96. The number of fused-ring (bicyclic) bond motifs is 1. The minimum Gasteiger partial charge on any atom is -0.448 e. The van der Waals surface area contributed by atoms with Crippen molar-refractivity contribution in [2.24, 2.45) is 0 Å². The van der Waals surface area contributed by atoms with Crippen LogP contribution in [0.4, 0.5) is 0 Å². The lowest BCUT2D eigenvalue weighted by atomic mass is 9.98. The van der Waals surface area contributed by atoms with Gasteiger partial charge in [-0.15, -0.1) is 0 Å². The zero-order chi connectivity index (χ0) is 17.3. The third-order valence-electron chi connectivity index (χ3n) is 3.99. The second-order valence-corrected chi connectivity index (χ2v) is 6.47. The molecule has 4 nitrogen and oxygen atoms in total. The molecule has 3 rings (SSSR count). The standard InChI is InChI=1S/C18H15Cl2NO3/c1-10(11-6-7-14(19)15(20)8-11)21-17(22)16-9-12-4-2-3-5-13(12)18(23)24-16/h2-8,10,16H,9H2,1H3,(H,21,22)/t10-,16+/m1/s1. The first-order chi connectivity index (χ1) is 11.5. The number of carbonyl (C=O) groups is 2. The number of benzene rings is 2. The van der Waals surface area contributed by atoms with E-state index in [9.17, 15) is 9.59 Å². The first-order valence-electron chi connectivity index (χ1n) is 7.50. The van der Waals surface area contributed by atoms with Gasteiger partial charge in [0.1, 0.15) is 0 Å². The van der Waals surface area contributed by atoms with Gasteiger partial charge in [-0.05, 0) is 36.2 Å². The molecule has 0 aliphatic carbocycles. The SMILES string of the molecule is C[C@@H](NC(=O)[C@@H]1Cc2ccccc2C(=O)O1)c1ccc(Cl)c(Cl)c1. The average molecular weight is 364 g/mol. The van der Waals surface area contributed by atoms with Crippen molar-refractivity contribution in [3.05, 3.63) is 69.2 Å². The Kier molecular flexibility index (Phi) is 4.78. The van der Waals surface area contributed by atoms with Crippen molar-refractivity contribution < 1.29 is 14.3 Å². The van der Waals surface area contributed by atoms with Crippen molar-refractivity contribution >= 4 is 35.1 Å². The van der Waals surface area contributed by atoms with Crippen LogP contribution in [0, 0.1) is 0 Å². The zero-order valence-electron chi connectivity index (χ0n) is 12.9. The second kappa shape index (κ2) is 6.83. The van der Waals surface area contributed by atoms with E-state index in [1.807, 2.05) is 19.1 Å². The van der Waals surface area contributed by atoms with Crippen molar-refractivity contribution in [1.29, 1.82) is 0 Å². The van der Waals surface area contributed by atoms with E-state index in [0.29, 0.717) is 22.0 Å². The number of rotatable bonds is 3. The number of hydrogen-bond donors (Lipinski definition) is 1. The van der Waals surface area contributed by atoms with Crippen LogP contribution in [0.2, 0.25) is 10.0 Å². The van der Waals surface area contributed by atoms with Crippen molar-refractivity contribution in [2.45, 2.75) is 25.5 Å². The molecule has 1 aliphatic rings. The van der Waals surface area contributed by atoms with Crippen molar-refractivity contribution in [3.8, 4) is 0 Å². The maximum atomic E-state index is 12.4. The van der Waals surface area contributed by atoms with Crippen molar-refractivity contribution in [2.75, 3.05) is 0 Å². The number of cyclic esters (lactones) is 1. The van der Waals surface area contributed by atoms with Crippen LogP contribution in [-0.2, 0) is 16.0 Å². The lowest BCUT2D eigenvalue weighted by Crippen LogP contribution is -2.42. The van der Waals surface area contributed by atoms with Gasteiger partial charge in [0.05, 0.1) is 21.7 Å². The first kappa shape index (κ1) is 16.8. The highest BCUT2D eigenvalue weighted by molar-refractivity contribution is 6.42. The number of carbonyl (C=O) groups excluding carboxylic acids is 2. The summed E-state index contributed by atoms with van der Waals surface area (Å²) in [4.78, 5) is 24.4. The molecule has 0 bridgehead atoms. The molecule has 0 unspecified atom stereocenters.